The molecule has 0 spiro atoms. The predicted molar refractivity (Wildman–Crippen MR) is 79.9 cm³/mol. The Labute approximate surface area is 120 Å². The molecule has 1 fully saturated rings. The highest BCUT2D eigenvalue weighted by Crippen LogP contribution is 2.26. The molecule has 1 heterocycles. The zero-order valence-corrected chi connectivity index (χ0v) is 12.1. The first-order valence-electron chi connectivity index (χ1n) is 6.67. The zero-order chi connectivity index (χ0) is 13.7. The van der Waals surface area contributed by atoms with Gasteiger partial charge in [0.2, 0.25) is 0 Å². The van der Waals surface area contributed by atoms with Crippen LogP contribution in [0.25, 0.3) is 0 Å². The van der Waals surface area contributed by atoms with Crippen LogP contribution in [0.1, 0.15) is 12.5 Å². The highest BCUT2D eigenvalue weighted by Gasteiger charge is 2.15. The van der Waals surface area contributed by atoms with Crippen molar-refractivity contribution >= 4 is 11.6 Å². The Kier molecular flexibility index (Phi) is 5.25. The number of hydrogen-bond acceptors (Lipinski definition) is 3. The third-order valence-electron chi connectivity index (χ3n) is 3.21. The van der Waals surface area contributed by atoms with Gasteiger partial charge in [0, 0.05) is 32.2 Å². The molecule has 0 aromatic heterocycles. The van der Waals surface area contributed by atoms with Crippen molar-refractivity contribution in [2.45, 2.75) is 19.5 Å². The molecule has 104 valence electrons. The van der Waals surface area contributed by atoms with E-state index in [2.05, 4.69) is 29.8 Å². The standard InChI is InChI=1S/C15H21ClN2O/c1-3-8-19-15-5-4-13(9-14(15)16)11-18-7-6-17-12(2)10-18/h3-5,9,12,17H,1,6-8,10-11H2,2H3/t12-/m0/s1. The van der Waals surface area contributed by atoms with Crippen molar-refractivity contribution < 1.29 is 4.74 Å². The molecule has 1 aromatic rings. The Morgan fingerprint density at radius 3 is 3.11 bits per heavy atom. The molecular formula is C15H21ClN2O. The average Bonchev–Trinajstić information content (AvgIpc) is 2.38. The Bertz CT molecular complexity index is 436. The molecule has 1 N–H and O–H groups in total. The van der Waals surface area contributed by atoms with Crippen LogP contribution < -0.4 is 10.1 Å². The van der Waals surface area contributed by atoms with Crippen LogP contribution in [0.5, 0.6) is 5.75 Å². The second kappa shape index (κ2) is 6.94. The maximum absolute atomic E-state index is 6.22. The summed E-state index contributed by atoms with van der Waals surface area (Å²) in [6.45, 7) is 10.5. The van der Waals surface area contributed by atoms with Gasteiger partial charge in [-0.15, -0.1) is 0 Å². The minimum atomic E-state index is 0.481. The third-order valence-corrected chi connectivity index (χ3v) is 3.51. The first-order valence-corrected chi connectivity index (χ1v) is 7.04. The number of piperazine rings is 1. The van der Waals surface area contributed by atoms with Gasteiger partial charge < -0.3 is 10.1 Å². The molecular weight excluding hydrogens is 260 g/mol. The first-order chi connectivity index (χ1) is 9.19. The van der Waals surface area contributed by atoms with Gasteiger partial charge in [0.15, 0.2) is 0 Å². The summed E-state index contributed by atoms with van der Waals surface area (Å²) in [5.74, 6) is 0.721. The van der Waals surface area contributed by atoms with Gasteiger partial charge in [-0.05, 0) is 24.6 Å². The van der Waals surface area contributed by atoms with Crippen molar-refractivity contribution in [3.05, 3.63) is 41.4 Å². The number of rotatable bonds is 5. The van der Waals surface area contributed by atoms with Crippen LogP contribution in [0.4, 0.5) is 0 Å². The quantitative estimate of drug-likeness (QED) is 0.840. The van der Waals surface area contributed by atoms with Gasteiger partial charge in [-0.3, -0.25) is 4.90 Å². The largest absolute Gasteiger partial charge is 0.488 e. The lowest BCUT2D eigenvalue weighted by molar-refractivity contribution is 0.199. The van der Waals surface area contributed by atoms with E-state index in [-0.39, 0.29) is 0 Å². The predicted octanol–water partition coefficient (Wildman–Crippen LogP) is 2.70. The fourth-order valence-electron chi connectivity index (χ4n) is 2.32. The SMILES string of the molecule is C=CCOc1ccc(CN2CCN[C@@H](C)C2)cc1Cl. The monoisotopic (exact) mass is 280 g/mol. The van der Waals surface area contributed by atoms with Crippen LogP contribution in [0.3, 0.4) is 0 Å². The minimum Gasteiger partial charge on any atom is -0.488 e. The number of nitrogens with zero attached hydrogens (tertiary/aromatic N) is 1. The number of halogens is 1. The van der Waals surface area contributed by atoms with Gasteiger partial charge in [0.05, 0.1) is 5.02 Å². The highest BCUT2D eigenvalue weighted by molar-refractivity contribution is 6.32. The van der Waals surface area contributed by atoms with Crippen LogP contribution in [0.2, 0.25) is 5.02 Å². The van der Waals surface area contributed by atoms with E-state index in [9.17, 15) is 0 Å². The summed E-state index contributed by atoms with van der Waals surface area (Å²) in [7, 11) is 0. The summed E-state index contributed by atoms with van der Waals surface area (Å²) < 4.78 is 5.47. The van der Waals surface area contributed by atoms with E-state index in [4.69, 9.17) is 16.3 Å². The van der Waals surface area contributed by atoms with E-state index < -0.39 is 0 Å². The molecule has 0 unspecified atom stereocenters. The van der Waals surface area contributed by atoms with Crippen LogP contribution in [0.15, 0.2) is 30.9 Å². The van der Waals surface area contributed by atoms with Crippen LogP contribution in [0, 0.1) is 0 Å². The molecule has 1 saturated heterocycles. The molecule has 0 aliphatic carbocycles. The van der Waals surface area contributed by atoms with E-state index in [1.807, 2.05) is 12.1 Å². The molecule has 0 radical (unpaired) electrons. The highest BCUT2D eigenvalue weighted by atomic mass is 35.5. The van der Waals surface area contributed by atoms with Crippen molar-refractivity contribution in [3.63, 3.8) is 0 Å². The summed E-state index contributed by atoms with van der Waals surface area (Å²) in [5, 5.41) is 4.11. The summed E-state index contributed by atoms with van der Waals surface area (Å²) in [6.07, 6.45) is 1.71. The normalized spacial score (nSPS) is 20.2. The molecule has 1 aromatic carbocycles. The van der Waals surface area contributed by atoms with Crippen LogP contribution in [-0.2, 0) is 6.54 Å². The molecule has 1 aliphatic rings. The summed E-state index contributed by atoms with van der Waals surface area (Å²) in [4.78, 5) is 2.44. The average molecular weight is 281 g/mol. The Hall–Kier alpha value is -1.03. The molecule has 0 bridgehead atoms. The number of nitrogens with one attached hydrogen (secondary N) is 1. The fourth-order valence-corrected chi connectivity index (χ4v) is 2.58. The second-order valence-corrected chi connectivity index (χ2v) is 5.36. The zero-order valence-electron chi connectivity index (χ0n) is 11.4. The molecule has 19 heavy (non-hydrogen) atoms. The van der Waals surface area contributed by atoms with E-state index in [0.29, 0.717) is 17.7 Å². The molecule has 3 nitrogen and oxygen atoms in total. The lowest BCUT2D eigenvalue weighted by Crippen LogP contribution is -2.48. The summed E-state index contributed by atoms with van der Waals surface area (Å²) in [5.41, 5.74) is 1.23. The van der Waals surface area contributed by atoms with E-state index in [0.717, 1.165) is 31.9 Å². The van der Waals surface area contributed by atoms with Crippen molar-refractivity contribution in [1.29, 1.82) is 0 Å². The Balaban J connectivity index is 1.97. The Morgan fingerprint density at radius 2 is 2.42 bits per heavy atom. The molecule has 2 rings (SSSR count). The lowest BCUT2D eigenvalue weighted by atomic mass is 10.1. The molecule has 0 saturated carbocycles. The third kappa shape index (κ3) is 4.23. The maximum atomic E-state index is 6.22. The number of ether oxygens (including phenoxy) is 1. The van der Waals surface area contributed by atoms with Gasteiger partial charge in [-0.1, -0.05) is 30.3 Å². The van der Waals surface area contributed by atoms with Crippen molar-refractivity contribution in [3.8, 4) is 5.75 Å². The minimum absolute atomic E-state index is 0.481. The maximum Gasteiger partial charge on any atom is 0.138 e. The molecule has 1 aliphatic heterocycles. The van der Waals surface area contributed by atoms with Gasteiger partial charge in [0.25, 0.3) is 0 Å². The van der Waals surface area contributed by atoms with E-state index >= 15 is 0 Å². The van der Waals surface area contributed by atoms with Gasteiger partial charge >= 0.3 is 0 Å². The van der Waals surface area contributed by atoms with Crippen molar-refractivity contribution in [1.82, 2.24) is 10.2 Å². The second-order valence-electron chi connectivity index (χ2n) is 4.95. The Morgan fingerprint density at radius 1 is 1.58 bits per heavy atom. The molecule has 1 atom stereocenters. The summed E-state index contributed by atoms with van der Waals surface area (Å²) in [6, 6.07) is 6.57. The van der Waals surface area contributed by atoms with Crippen LogP contribution in [-0.4, -0.2) is 37.2 Å². The number of hydrogen-bond donors (Lipinski definition) is 1. The fraction of sp³-hybridized carbons (Fsp3) is 0.467. The molecule has 0 amide bonds. The van der Waals surface area contributed by atoms with Gasteiger partial charge in [-0.2, -0.15) is 0 Å². The van der Waals surface area contributed by atoms with Crippen LogP contribution >= 0.6 is 11.6 Å². The summed E-state index contributed by atoms with van der Waals surface area (Å²) >= 11 is 6.22. The molecule has 4 heteroatoms. The first kappa shape index (κ1) is 14.4. The van der Waals surface area contributed by atoms with E-state index in [1.54, 1.807) is 6.08 Å². The number of benzene rings is 1. The van der Waals surface area contributed by atoms with Gasteiger partial charge in [0.1, 0.15) is 12.4 Å². The topological polar surface area (TPSA) is 24.5 Å². The van der Waals surface area contributed by atoms with E-state index in [1.165, 1.54) is 5.56 Å². The lowest BCUT2D eigenvalue weighted by Gasteiger charge is -2.31. The smallest absolute Gasteiger partial charge is 0.138 e. The van der Waals surface area contributed by atoms with Gasteiger partial charge in [-0.25, -0.2) is 0 Å². The van der Waals surface area contributed by atoms with Crippen molar-refractivity contribution in [2.24, 2.45) is 0 Å². The van der Waals surface area contributed by atoms with Crippen molar-refractivity contribution in [2.75, 3.05) is 26.2 Å².